The van der Waals surface area contributed by atoms with Crippen LogP contribution in [0.1, 0.15) is 30.3 Å². The van der Waals surface area contributed by atoms with E-state index >= 15 is 0 Å². The van der Waals surface area contributed by atoms with Crippen molar-refractivity contribution < 1.29 is 14.7 Å². The molecule has 1 N–H and O–H groups in total. The highest BCUT2D eigenvalue weighted by Gasteiger charge is 2.31. The van der Waals surface area contributed by atoms with Crippen LogP contribution < -0.4 is 0 Å². The molecule has 7 nitrogen and oxygen atoms in total. The molecule has 0 aliphatic heterocycles. The Kier molecular flexibility index (Phi) is 3.08. The van der Waals surface area contributed by atoms with Gasteiger partial charge in [-0.2, -0.15) is 0 Å². The number of nitrogens with zero attached hydrogens (tertiary/aromatic N) is 4. The number of aromatic carboxylic acids is 1. The summed E-state index contributed by atoms with van der Waals surface area (Å²) in [7, 11) is 0. The average molecular weight is 238 g/mol. The molecular weight excluding hydrogens is 224 g/mol. The molecule has 1 aromatic heterocycles. The largest absolute Gasteiger partial charge is 0.476 e. The van der Waals surface area contributed by atoms with E-state index in [-0.39, 0.29) is 18.1 Å². The Hall–Kier alpha value is -1.92. The highest BCUT2D eigenvalue weighted by molar-refractivity contribution is 5.84. The van der Waals surface area contributed by atoms with Gasteiger partial charge in [0.1, 0.15) is 6.54 Å². The van der Waals surface area contributed by atoms with Gasteiger partial charge >= 0.3 is 5.97 Å². The van der Waals surface area contributed by atoms with Crippen molar-refractivity contribution in [2.45, 2.75) is 32.4 Å². The fourth-order valence-electron chi connectivity index (χ4n) is 1.73. The molecule has 1 aliphatic carbocycles. The number of rotatable bonds is 5. The van der Waals surface area contributed by atoms with Crippen LogP contribution in [0.5, 0.6) is 0 Å². The van der Waals surface area contributed by atoms with Gasteiger partial charge in [0.05, 0.1) is 6.20 Å². The fourth-order valence-corrected chi connectivity index (χ4v) is 1.73. The Balaban J connectivity index is 1.99. The van der Waals surface area contributed by atoms with Crippen molar-refractivity contribution in [1.82, 2.24) is 19.9 Å². The van der Waals surface area contributed by atoms with Gasteiger partial charge in [0.15, 0.2) is 5.69 Å². The Morgan fingerprint density at radius 3 is 2.76 bits per heavy atom. The summed E-state index contributed by atoms with van der Waals surface area (Å²) in [6.45, 7) is 2.65. The number of carboxylic acids is 1. The maximum Gasteiger partial charge on any atom is 0.358 e. The topological polar surface area (TPSA) is 88.3 Å². The minimum atomic E-state index is -1.14. The molecular formula is C10H14N4O3. The molecule has 0 bridgehead atoms. The first-order chi connectivity index (χ1) is 8.11. The molecule has 0 spiro atoms. The van der Waals surface area contributed by atoms with Gasteiger partial charge in [-0.05, 0) is 19.8 Å². The summed E-state index contributed by atoms with van der Waals surface area (Å²) in [4.78, 5) is 24.3. The lowest BCUT2D eigenvalue weighted by Crippen LogP contribution is -2.35. The van der Waals surface area contributed by atoms with Crippen LogP contribution in [0.25, 0.3) is 0 Å². The zero-order chi connectivity index (χ0) is 12.4. The SMILES string of the molecule is CCN(C(=O)Cn1cc(C(=O)O)nn1)C1CC1. The summed E-state index contributed by atoms with van der Waals surface area (Å²) in [6.07, 6.45) is 3.37. The predicted octanol–water partition coefficient (Wildman–Crippen LogP) is -0.0128. The quantitative estimate of drug-likeness (QED) is 0.779. The highest BCUT2D eigenvalue weighted by atomic mass is 16.4. The Bertz CT molecular complexity index is 439. The monoisotopic (exact) mass is 238 g/mol. The number of hydrogen-bond acceptors (Lipinski definition) is 4. The molecule has 0 radical (unpaired) electrons. The van der Waals surface area contributed by atoms with Crippen LogP contribution in [-0.2, 0) is 11.3 Å². The van der Waals surface area contributed by atoms with Crippen LogP contribution in [0, 0.1) is 0 Å². The first-order valence-electron chi connectivity index (χ1n) is 5.54. The Morgan fingerprint density at radius 1 is 1.59 bits per heavy atom. The third-order valence-corrected chi connectivity index (χ3v) is 2.70. The number of amides is 1. The van der Waals surface area contributed by atoms with E-state index in [9.17, 15) is 9.59 Å². The first kappa shape index (κ1) is 11.6. The standard InChI is InChI=1S/C10H14N4O3/c1-2-14(7-3-4-7)9(15)6-13-5-8(10(16)17)11-12-13/h5,7H,2-4,6H2,1H3,(H,16,17). The lowest BCUT2D eigenvalue weighted by molar-refractivity contribution is -0.132. The summed E-state index contributed by atoms with van der Waals surface area (Å²) in [5, 5.41) is 15.7. The van der Waals surface area contributed by atoms with Crippen LogP contribution in [0.2, 0.25) is 0 Å². The Morgan fingerprint density at radius 2 is 2.29 bits per heavy atom. The zero-order valence-electron chi connectivity index (χ0n) is 9.54. The maximum absolute atomic E-state index is 11.9. The molecule has 1 aliphatic rings. The molecule has 92 valence electrons. The summed E-state index contributed by atoms with van der Waals surface area (Å²) in [6, 6.07) is 0.356. The van der Waals surface area contributed by atoms with Crippen molar-refractivity contribution in [3.05, 3.63) is 11.9 Å². The number of carbonyl (C=O) groups excluding carboxylic acids is 1. The molecule has 1 amide bonds. The van der Waals surface area contributed by atoms with Crippen LogP contribution in [-0.4, -0.2) is 49.5 Å². The molecule has 1 fully saturated rings. The number of carbonyl (C=O) groups is 2. The van der Waals surface area contributed by atoms with E-state index in [1.54, 1.807) is 4.90 Å². The van der Waals surface area contributed by atoms with Crippen molar-refractivity contribution >= 4 is 11.9 Å². The summed E-state index contributed by atoms with van der Waals surface area (Å²) in [5.74, 6) is -1.19. The van der Waals surface area contributed by atoms with Gasteiger partial charge in [-0.15, -0.1) is 5.10 Å². The van der Waals surface area contributed by atoms with Crippen LogP contribution in [0.3, 0.4) is 0 Å². The average Bonchev–Trinajstić information content (AvgIpc) is 2.98. The van der Waals surface area contributed by atoms with Crippen molar-refractivity contribution in [3.63, 3.8) is 0 Å². The van der Waals surface area contributed by atoms with Gasteiger partial charge in [0.25, 0.3) is 0 Å². The van der Waals surface area contributed by atoms with E-state index in [1.807, 2.05) is 6.92 Å². The molecule has 0 saturated heterocycles. The summed E-state index contributed by atoms with van der Waals surface area (Å²) < 4.78 is 1.26. The van der Waals surface area contributed by atoms with E-state index < -0.39 is 5.97 Å². The molecule has 0 aromatic carbocycles. The molecule has 17 heavy (non-hydrogen) atoms. The number of carboxylic acid groups (broad SMARTS) is 1. The van der Waals surface area contributed by atoms with Crippen molar-refractivity contribution in [1.29, 1.82) is 0 Å². The van der Waals surface area contributed by atoms with E-state index in [1.165, 1.54) is 10.9 Å². The van der Waals surface area contributed by atoms with Crippen molar-refractivity contribution in [2.75, 3.05) is 6.54 Å². The van der Waals surface area contributed by atoms with Gasteiger partial charge in [-0.1, -0.05) is 5.21 Å². The number of hydrogen-bond donors (Lipinski definition) is 1. The normalized spacial score (nSPS) is 14.6. The number of aromatic nitrogens is 3. The molecule has 0 unspecified atom stereocenters. The highest BCUT2D eigenvalue weighted by Crippen LogP contribution is 2.26. The third kappa shape index (κ3) is 2.61. The third-order valence-electron chi connectivity index (χ3n) is 2.70. The van der Waals surface area contributed by atoms with Gasteiger partial charge in [0.2, 0.25) is 5.91 Å². The van der Waals surface area contributed by atoms with Crippen LogP contribution in [0.4, 0.5) is 0 Å². The van der Waals surface area contributed by atoms with Gasteiger partial charge in [0, 0.05) is 12.6 Å². The number of likely N-dealkylation sites (N-methyl/N-ethyl adjacent to an activating group) is 1. The minimum absolute atomic E-state index is 0.0446. The summed E-state index contributed by atoms with van der Waals surface area (Å²) in [5.41, 5.74) is -0.146. The van der Waals surface area contributed by atoms with Gasteiger partial charge in [-0.25, -0.2) is 9.48 Å². The summed E-state index contributed by atoms with van der Waals surface area (Å²) >= 11 is 0. The first-order valence-corrected chi connectivity index (χ1v) is 5.54. The fraction of sp³-hybridized carbons (Fsp3) is 0.600. The smallest absolute Gasteiger partial charge is 0.358 e. The molecule has 1 heterocycles. The molecule has 2 rings (SSSR count). The molecule has 0 atom stereocenters. The van der Waals surface area contributed by atoms with Crippen LogP contribution >= 0.6 is 0 Å². The van der Waals surface area contributed by atoms with E-state index in [0.29, 0.717) is 12.6 Å². The maximum atomic E-state index is 11.9. The minimum Gasteiger partial charge on any atom is -0.476 e. The molecule has 1 aromatic rings. The van der Waals surface area contributed by atoms with Gasteiger partial charge in [-0.3, -0.25) is 4.79 Å². The lowest BCUT2D eigenvalue weighted by atomic mass is 10.4. The Labute approximate surface area is 98.0 Å². The van der Waals surface area contributed by atoms with E-state index in [4.69, 9.17) is 5.11 Å². The predicted molar refractivity (Wildman–Crippen MR) is 57.4 cm³/mol. The van der Waals surface area contributed by atoms with Crippen molar-refractivity contribution in [2.24, 2.45) is 0 Å². The second kappa shape index (κ2) is 4.52. The second-order valence-corrected chi connectivity index (χ2v) is 4.02. The lowest BCUT2D eigenvalue weighted by Gasteiger charge is -2.19. The van der Waals surface area contributed by atoms with E-state index in [2.05, 4.69) is 10.3 Å². The van der Waals surface area contributed by atoms with Crippen molar-refractivity contribution in [3.8, 4) is 0 Å². The molecule has 1 saturated carbocycles. The van der Waals surface area contributed by atoms with Gasteiger partial charge < -0.3 is 10.0 Å². The zero-order valence-corrected chi connectivity index (χ0v) is 9.54. The second-order valence-electron chi connectivity index (χ2n) is 4.02. The molecule has 7 heteroatoms. The van der Waals surface area contributed by atoms with E-state index in [0.717, 1.165) is 12.8 Å². The van der Waals surface area contributed by atoms with Crippen LogP contribution in [0.15, 0.2) is 6.20 Å².